The van der Waals surface area contributed by atoms with E-state index in [0.717, 1.165) is 12.8 Å². The number of anilines is 2. The number of carbonyl (C=O) groups excluding carboxylic acids is 1. The second kappa shape index (κ2) is 7.85. The SMILES string of the molecule is Cc1ccc(NC(=O)C2CC2)cc1S(=O)(=O)Nc1ccc(SC(F)F)cc1. The standard InChI is InChI=1S/C18H18F2N2O3S2/c1-11-2-5-14(21-17(23)12-3-4-12)10-16(11)27(24,25)22-13-6-8-15(9-7-13)26-18(19)20/h2,5-10,12,18,22H,3-4H2,1H3,(H,21,23). The van der Waals surface area contributed by atoms with E-state index < -0.39 is 15.8 Å². The van der Waals surface area contributed by atoms with E-state index in [-0.39, 0.29) is 22.4 Å². The van der Waals surface area contributed by atoms with E-state index >= 15 is 0 Å². The molecule has 2 aromatic rings. The van der Waals surface area contributed by atoms with Crippen LogP contribution in [0, 0.1) is 12.8 Å². The van der Waals surface area contributed by atoms with Gasteiger partial charge in [-0.2, -0.15) is 8.78 Å². The average molecular weight is 412 g/mol. The summed E-state index contributed by atoms with van der Waals surface area (Å²) in [6.45, 7) is 1.66. The number of carbonyl (C=O) groups is 1. The second-order valence-corrected chi connectivity index (χ2v) is 8.97. The highest BCUT2D eigenvalue weighted by Crippen LogP contribution is 2.31. The number of hydrogen-bond donors (Lipinski definition) is 2. The van der Waals surface area contributed by atoms with Crippen molar-refractivity contribution in [3.8, 4) is 0 Å². The molecule has 2 N–H and O–H groups in total. The number of benzene rings is 2. The Labute approximate surface area is 160 Å². The number of nitrogens with one attached hydrogen (secondary N) is 2. The minimum Gasteiger partial charge on any atom is -0.326 e. The fourth-order valence-corrected chi connectivity index (χ4v) is 4.30. The summed E-state index contributed by atoms with van der Waals surface area (Å²) in [4.78, 5) is 12.3. The van der Waals surface area contributed by atoms with Crippen LogP contribution in [0.15, 0.2) is 52.3 Å². The summed E-state index contributed by atoms with van der Waals surface area (Å²) in [5.74, 6) is -2.64. The lowest BCUT2D eigenvalue weighted by Crippen LogP contribution is -2.16. The van der Waals surface area contributed by atoms with Crippen molar-refractivity contribution in [3.05, 3.63) is 48.0 Å². The molecule has 0 bridgehead atoms. The van der Waals surface area contributed by atoms with Crippen molar-refractivity contribution in [2.24, 2.45) is 5.92 Å². The molecule has 0 radical (unpaired) electrons. The summed E-state index contributed by atoms with van der Waals surface area (Å²) in [6, 6.07) is 10.4. The largest absolute Gasteiger partial charge is 0.326 e. The van der Waals surface area contributed by atoms with E-state index in [4.69, 9.17) is 0 Å². The van der Waals surface area contributed by atoms with Gasteiger partial charge >= 0.3 is 0 Å². The first kappa shape index (κ1) is 19.6. The Morgan fingerprint density at radius 2 is 1.74 bits per heavy atom. The van der Waals surface area contributed by atoms with Gasteiger partial charge in [-0.25, -0.2) is 8.42 Å². The average Bonchev–Trinajstić information content (AvgIpc) is 3.42. The number of thioether (sulfide) groups is 1. The Kier molecular flexibility index (Phi) is 5.71. The Bertz CT molecular complexity index is 944. The predicted molar refractivity (Wildman–Crippen MR) is 102 cm³/mol. The molecule has 0 spiro atoms. The van der Waals surface area contributed by atoms with E-state index in [1.54, 1.807) is 19.1 Å². The van der Waals surface area contributed by atoms with Gasteiger partial charge in [-0.15, -0.1) is 0 Å². The molecule has 0 heterocycles. The van der Waals surface area contributed by atoms with E-state index in [9.17, 15) is 22.0 Å². The molecular weight excluding hydrogens is 394 g/mol. The number of sulfonamides is 1. The molecular formula is C18H18F2N2O3S2. The zero-order chi connectivity index (χ0) is 19.6. The Hall–Kier alpha value is -2.13. The first-order chi connectivity index (χ1) is 12.7. The van der Waals surface area contributed by atoms with Gasteiger partial charge < -0.3 is 5.32 Å². The van der Waals surface area contributed by atoms with Gasteiger partial charge in [0.15, 0.2) is 0 Å². The zero-order valence-electron chi connectivity index (χ0n) is 14.4. The maximum Gasteiger partial charge on any atom is 0.288 e. The first-order valence-corrected chi connectivity index (χ1v) is 10.6. The summed E-state index contributed by atoms with van der Waals surface area (Å²) < 4.78 is 52.6. The van der Waals surface area contributed by atoms with E-state index in [0.29, 0.717) is 27.9 Å². The van der Waals surface area contributed by atoms with Crippen molar-refractivity contribution >= 4 is 39.1 Å². The van der Waals surface area contributed by atoms with Crippen LogP contribution in [0.5, 0.6) is 0 Å². The van der Waals surface area contributed by atoms with Gasteiger partial charge in [0, 0.05) is 22.2 Å². The maximum absolute atomic E-state index is 12.7. The maximum atomic E-state index is 12.7. The van der Waals surface area contributed by atoms with Crippen molar-refractivity contribution in [2.45, 2.75) is 35.3 Å². The van der Waals surface area contributed by atoms with Crippen molar-refractivity contribution in [3.63, 3.8) is 0 Å². The number of hydrogen-bond acceptors (Lipinski definition) is 4. The molecule has 0 aromatic heterocycles. The molecule has 0 aliphatic heterocycles. The highest BCUT2D eigenvalue weighted by molar-refractivity contribution is 7.99. The van der Waals surface area contributed by atoms with Crippen LogP contribution in [-0.4, -0.2) is 20.1 Å². The second-order valence-electron chi connectivity index (χ2n) is 6.25. The molecule has 144 valence electrons. The highest BCUT2D eigenvalue weighted by atomic mass is 32.2. The molecule has 9 heteroatoms. The fourth-order valence-electron chi connectivity index (χ4n) is 2.47. The van der Waals surface area contributed by atoms with Gasteiger partial charge in [-0.3, -0.25) is 9.52 Å². The van der Waals surface area contributed by atoms with Crippen LogP contribution in [0.1, 0.15) is 18.4 Å². The molecule has 1 amide bonds. The monoisotopic (exact) mass is 412 g/mol. The third kappa shape index (κ3) is 5.20. The van der Waals surface area contributed by atoms with Crippen LogP contribution < -0.4 is 10.0 Å². The minimum atomic E-state index is -3.90. The Morgan fingerprint density at radius 1 is 1.11 bits per heavy atom. The van der Waals surface area contributed by atoms with Crippen LogP contribution in [0.3, 0.4) is 0 Å². The predicted octanol–water partition coefficient (Wildman–Crippen LogP) is 4.46. The molecule has 3 rings (SSSR count). The van der Waals surface area contributed by atoms with E-state index in [2.05, 4.69) is 10.0 Å². The van der Waals surface area contributed by atoms with Crippen LogP contribution in [-0.2, 0) is 14.8 Å². The van der Waals surface area contributed by atoms with Gasteiger partial charge in [0.05, 0.1) is 4.90 Å². The van der Waals surface area contributed by atoms with Crippen molar-refractivity contribution in [2.75, 3.05) is 10.0 Å². The first-order valence-electron chi connectivity index (χ1n) is 8.24. The normalized spacial score (nSPS) is 14.2. The lowest BCUT2D eigenvalue weighted by Gasteiger charge is -2.13. The van der Waals surface area contributed by atoms with E-state index in [1.807, 2.05) is 0 Å². The summed E-state index contributed by atoms with van der Waals surface area (Å²) in [5, 5.41) is 2.73. The van der Waals surface area contributed by atoms with Gasteiger partial charge in [0.1, 0.15) is 0 Å². The molecule has 5 nitrogen and oxygen atoms in total. The molecule has 27 heavy (non-hydrogen) atoms. The highest BCUT2D eigenvalue weighted by Gasteiger charge is 2.29. The lowest BCUT2D eigenvalue weighted by atomic mass is 10.2. The Morgan fingerprint density at radius 3 is 2.33 bits per heavy atom. The van der Waals surface area contributed by atoms with Gasteiger partial charge in [0.2, 0.25) is 5.91 Å². The molecule has 0 unspecified atom stereocenters. The van der Waals surface area contributed by atoms with Gasteiger partial charge in [0.25, 0.3) is 15.8 Å². The third-order valence-electron chi connectivity index (χ3n) is 4.03. The van der Waals surface area contributed by atoms with Crippen LogP contribution in [0.2, 0.25) is 0 Å². The van der Waals surface area contributed by atoms with Crippen molar-refractivity contribution in [1.29, 1.82) is 0 Å². The third-order valence-corrected chi connectivity index (χ3v) is 6.27. The van der Waals surface area contributed by atoms with Crippen LogP contribution in [0.25, 0.3) is 0 Å². The topological polar surface area (TPSA) is 75.3 Å². The quantitative estimate of drug-likeness (QED) is 0.659. The molecule has 1 aliphatic rings. The van der Waals surface area contributed by atoms with Gasteiger partial charge in [-0.05, 0) is 61.7 Å². The molecule has 1 aliphatic carbocycles. The van der Waals surface area contributed by atoms with Crippen LogP contribution >= 0.6 is 11.8 Å². The molecule has 0 atom stereocenters. The number of aryl methyl sites for hydroxylation is 1. The number of halogens is 2. The van der Waals surface area contributed by atoms with Gasteiger partial charge in [-0.1, -0.05) is 17.8 Å². The molecule has 0 saturated heterocycles. The van der Waals surface area contributed by atoms with Crippen molar-refractivity contribution < 1.29 is 22.0 Å². The summed E-state index contributed by atoms with van der Waals surface area (Å²) >= 11 is 0.388. The number of rotatable bonds is 7. The number of alkyl halides is 2. The smallest absolute Gasteiger partial charge is 0.288 e. The fraction of sp³-hybridized carbons (Fsp3) is 0.278. The molecule has 1 saturated carbocycles. The lowest BCUT2D eigenvalue weighted by molar-refractivity contribution is -0.117. The van der Waals surface area contributed by atoms with Crippen molar-refractivity contribution in [1.82, 2.24) is 0 Å². The minimum absolute atomic E-state index is 0.00843. The summed E-state index contributed by atoms with van der Waals surface area (Å²) in [6.07, 6.45) is 1.70. The Balaban J connectivity index is 1.78. The van der Waals surface area contributed by atoms with Crippen LogP contribution in [0.4, 0.5) is 20.2 Å². The number of amides is 1. The summed E-state index contributed by atoms with van der Waals surface area (Å²) in [5.41, 5.74) is 1.21. The molecule has 2 aromatic carbocycles. The summed E-state index contributed by atoms with van der Waals surface area (Å²) in [7, 11) is -3.90. The zero-order valence-corrected chi connectivity index (χ0v) is 16.0. The molecule has 1 fully saturated rings. The van der Waals surface area contributed by atoms with E-state index in [1.165, 1.54) is 30.3 Å².